The molecule has 0 radical (unpaired) electrons. The molecule has 0 unspecified atom stereocenters. The molecule has 23 heavy (non-hydrogen) atoms. The van der Waals surface area contributed by atoms with E-state index in [9.17, 15) is 24.6 Å². The monoisotopic (exact) mass is 317 g/mol. The fraction of sp³-hybridized carbons (Fsp3) is 0.133. The number of aromatic amines is 2. The van der Waals surface area contributed by atoms with Crippen LogP contribution < -0.4 is 16.6 Å². The summed E-state index contributed by atoms with van der Waals surface area (Å²) < 4.78 is 0. The third-order valence-corrected chi connectivity index (χ3v) is 3.13. The Kier molecular flexibility index (Phi) is 4.65. The molecule has 0 aliphatic heterocycles. The number of hydrogen-bond acceptors (Lipinski definition) is 5. The molecular formula is C15H15N3O5. The van der Waals surface area contributed by atoms with Gasteiger partial charge in [-0.3, -0.25) is 14.6 Å². The van der Waals surface area contributed by atoms with Crippen molar-refractivity contribution < 1.29 is 15.0 Å². The van der Waals surface area contributed by atoms with Crippen LogP contribution in [0.2, 0.25) is 0 Å². The maximum absolute atomic E-state index is 11.7. The lowest BCUT2D eigenvalue weighted by molar-refractivity contribution is -0.116. The van der Waals surface area contributed by atoms with E-state index in [1.165, 1.54) is 31.2 Å². The molecule has 0 atom stereocenters. The number of phenolic OH excluding ortho intramolecular Hbond substituents is 2. The normalized spacial score (nSPS) is 10.8. The summed E-state index contributed by atoms with van der Waals surface area (Å²) in [6.07, 6.45) is 2.51. The van der Waals surface area contributed by atoms with Gasteiger partial charge in [-0.15, -0.1) is 0 Å². The maximum Gasteiger partial charge on any atom is 0.326 e. The van der Waals surface area contributed by atoms with Crippen LogP contribution in [0.15, 0.2) is 33.9 Å². The van der Waals surface area contributed by atoms with Gasteiger partial charge in [0.1, 0.15) is 0 Å². The van der Waals surface area contributed by atoms with E-state index in [0.29, 0.717) is 5.56 Å². The van der Waals surface area contributed by atoms with Crippen LogP contribution in [0, 0.1) is 6.92 Å². The van der Waals surface area contributed by atoms with E-state index in [0.717, 1.165) is 0 Å². The number of hydrogen-bond donors (Lipinski definition) is 5. The van der Waals surface area contributed by atoms with Crippen molar-refractivity contribution in [2.24, 2.45) is 0 Å². The summed E-state index contributed by atoms with van der Waals surface area (Å²) >= 11 is 0. The minimum Gasteiger partial charge on any atom is -0.504 e. The number of amides is 1. The Bertz CT molecular complexity index is 879. The van der Waals surface area contributed by atoms with Gasteiger partial charge < -0.3 is 20.5 Å². The number of phenols is 2. The average molecular weight is 317 g/mol. The molecule has 2 rings (SSSR count). The minimum atomic E-state index is -0.653. The third-order valence-electron chi connectivity index (χ3n) is 3.13. The highest BCUT2D eigenvalue weighted by molar-refractivity contribution is 5.91. The van der Waals surface area contributed by atoms with Gasteiger partial charge in [0.05, 0.1) is 5.69 Å². The molecule has 8 nitrogen and oxygen atoms in total. The van der Waals surface area contributed by atoms with Gasteiger partial charge >= 0.3 is 5.69 Å². The summed E-state index contributed by atoms with van der Waals surface area (Å²) in [5, 5.41) is 21.1. The maximum atomic E-state index is 11.7. The number of aromatic nitrogens is 2. The Morgan fingerprint density at radius 3 is 2.65 bits per heavy atom. The van der Waals surface area contributed by atoms with Crippen LogP contribution >= 0.6 is 0 Å². The largest absolute Gasteiger partial charge is 0.504 e. The fourth-order valence-electron chi connectivity index (χ4n) is 1.82. The van der Waals surface area contributed by atoms with Crippen molar-refractivity contribution in [1.82, 2.24) is 15.3 Å². The first-order chi connectivity index (χ1) is 10.9. The van der Waals surface area contributed by atoms with Crippen molar-refractivity contribution >= 4 is 12.0 Å². The van der Waals surface area contributed by atoms with Gasteiger partial charge in [0.15, 0.2) is 11.5 Å². The van der Waals surface area contributed by atoms with Crippen molar-refractivity contribution in [3.8, 4) is 11.5 Å². The molecule has 0 aliphatic carbocycles. The molecule has 0 saturated heterocycles. The van der Waals surface area contributed by atoms with E-state index in [-0.39, 0.29) is 29.3 Å². The van der Waals surface area contributed by atoms with E-state index in [1.807, 2.05) is 0 Å². The smallest absolute Gasteiger partial charge is 0.326 e. The number of benzene rings is 1. The summed E-state index contributed by atoms with van der Waals surface area (Å²) in [7, 11) is 0. The zero-order valence-electron chi connectivity index (χ0n) is 12.2. The number of nitrogens with one attached hydrogen (secondary N) is 3. The quantitative estimate of drug-likeness (QED) is 0.403. The topological polar surface area (TPSA) is 135 Å². The highest BCUT2D eigenvalue weighted by atomic mass is 16.3. The molecule has 1 amide bonds. The Labute approximate surface area is 130 Å². The number of rotatable bonds is 4. The lowest BCUT2D eigenvalue weighted by Crippen LogP contribution is -2.25. The zero-order chi connectivity index (χ0) is 17.0. The average Bonchev–Trinajstić information content (AvgIpc) is 2.50. The molecule has 0 spiro atoms. The molecule has 2 aromatic rings. The van der Waals surface area contributed by atoms with Crippen LogP contribution in [0.4, 0.5) is 0 Å². The summed E-state index contributed by atoms with van der Waals surface area (Å²) in [6.45, 7) is 1.66. The minimum absolute atomic E-state index is 0.141. The third kappa shape index (κ3) is 4.10. The van der Waals surface area contributed by atoms with Crippen LogP contribution in [0.3, 0.4) is 0 Å². The highest BCUT2D eigenvalue weighted by Crippen LogP contribution is 2.24. The summed E-state index contributed by atoms with van der Waals surface area (Å²) in [4.78, 5) is 38.8. The molecular weight excluding hydrogens is 302 g/mol. The first-order valence-electron chi connectivity index (χ1n) is 6.67. The van der Waals surface area contributed by atoms with Crippen LogP contribution in [0.1, 0.15) is 16.8 Å². The second-order valence-electron chi connectivity index (χ2n) is 4.82. The number of carbonyl (C=O) groups is 1. The molecule has 1 heterocycles. The fourth-order valence-corrected chi connectivity index (χ4v) is 1.82. The predicted octanol–water partition coefficient (Wildman–Crippen LogP) is 0.112. The number of H-pyrrole nitrogens is 2. The summed E-state index contributed by atoms with van der Waals surface area (Å²) in [5.74, 6) is -0.962. The van der Waals surface area contributed by atoms with Gasteiger partial charge in [-0.1, -0.05) is 6.07 Å². The van der Waals surface area contributed by atoms with Gasteiger partial charge in [0.25, 0.3) is 5.56 Å². The Morgan fingerprint density at radius 1 is 1.22 bits per heavy atom. The van der Waals surface area contributed by atoms with Crippen molar-refractivity contribution in [2.75, 3.05) is 0 Å². The highest BCUT2D eigenvalue weighted by Gasteiger charge is 2.04. The van der Waals surface area contributed by atoms with Gasteiger partial charge in [-0.05, 0) is 30.7 Å². The van der Waals surface area contributed by atoms with Crippen molar-refractivity contribution in [2.45, 2.75) is 13.5 Å². The van der Waals surface area contributed by atoms with Crippen molar-refractivity contribution in [1.29, 1.82) is 0 Å². The van der Waals surface area contributed by atoms with Crippen LogP contribution in [-0.2, 0) is 11.3 Å². The van der Waals surface area contributed by atoms with Crippen molar-refractivity contribution in [3.05, 3.63) is 61.9 Å². The van der Waals surface area contributed by atoms with E-state index >= 15 is 0 Å². The molecule has 5 N–H and O–H groups in total. The zero-order valence-corrected chi connectivity index (χ0v) is 12.2. The van der Waals surface area contributed by atoms with Crippen molar-refractivity contribution in [3.63, 3.8) is 0 Å². The second-order valence-corrected chi connectivity index (χ2v) is 4.82. The van der Waals surface area contributed by atoms with Crippen LogP contribution in [0.25, 0.3) is 6.08 Å². The van der Waals surface area contributed by atoms with Gasteiger partial charge in [-0.2, -0.15) is 0 Å². The SMILES string of the molecule is Cc1c(C=CC(=O)NCc2ccc(O)c(O)c2)[nH]c(=O)[nH]c1=O. The Balaban J connectivity index is 2.03. The van der Waals surface area contributed by atoms with E-state index < -0.39 is 17.2 Å². The predicted molar refractivity (Wildman–Crippen MR) is 83.1 cm³/mol. The van der Waals surface area contributed by atoms with Crippen LogP contribution in [0.5, 0.6) is 11.5 Å². The lowest BCUT2D eigenvalue weighted by atomic mass is 10.2. The first-order valence-corrected chi connectivity index (χ1v) is 6.67. The van der Waals surface area contributed by atoms with E-state index in [1.54, 1.807) is 6.07 Å². The standard InChI is InChI=1S/C15H15N3O5/c1-8-10(17-15(23)18-14(8)22)3-5-13(21)16-7-9-2-4-11(19)12(20)6-9/h2-6,19-20H,7H2,1H3,(H,16,21)(H2,17,18,22,23). The van der Waals surface area contributed by atoms with Gasteiger partial charge in [0.2, 0.25) is 5.91 Å². The summed E-state index contributed by atoms with van der Waals surface area (Å²) in [5.41, 5.74) is -0.0373. The summed E-state index contributed by atoms with van der Waals surface area (Å²) in [6, 6.07) is 4.20. The second kappa shape index (κ2) is 6.65. The molecule has 0 bridgehead atoms. The Morgan fingerprint density at radius 2 is 1.96 bits per heavy atom. The molecule has 8 heteroatoms. The van der Waals surface area contributed by atoms with E-state index in [2.05, 4.69) is 15.3 Å². The van der Waals surface area contributed by atoms with Gasteiger partial charge in [0, 0.05) is 18.2 Å². The molecule has 0 saturated carbocycles. The Hall–Kier alpha value is -3.29. The molecule has 120 valence electrons. The molecule has 0 aliphatic rings. The number of carbonyl (C=O) groups excluding carboxylic acids is 1. The molecule has 0 fully saturated rings. The molecule has 1 aromatic carbocycles. The lowest BCUT2D eigenvalue weighted by Gasteiger charge is -2.04. The van der Waals surface area contributed by atoms with Crippen LogP contribution in [-0.4, -0.2) is 26.1 Å². The molecule has 1 aromatic heterocycles. The first kappa shape index (κ1) is 16.1. The number of aromatic hydroxyl groups is 2. The van der Waals surface area contributed by atoms with E-state index in [4.69, 9.17) is 0 Å². The van der Waals surface area contributed by atoms with Gasteiger partial charge in [-0.25, -0.2) is 4.79 Å².